The summed E-state index contributed by atoms with van der Waals surface area (Å²) in [7, 11) is 0. The topological polar surface area (TPSA) is 76.7 Å². The second kappa shape index (κ2) is 4.22. The lowest BCUT2D eigenvalue weighted by Gasteiger charge is -2.02. The predicted octanol–water partition coefficient (Wildman–Crippen LogP) is 1.44. The molecule has 0 radical (unpaired) electrons. The number of nitrogens with one attached hydrogen (secondary N) is 1. The van der Waals surface area contributed by atoms with Crippen LogP contribution in [0.3, 0.4) is 0 Å². The van der Waals surface area contributed by atoms with Crippen LogP contribution in [0.2, 0.25) is 0 Å². The fourth-order valence-electron chi connectivity index (χ4n) is 1.12. The van der Waals surface area contributed by atoms with Crippen molar-refractivity contribution in [2.75, 3.05) is 11.1 Å². The maximum absolute atomic E-state index is 5.46. The summed E-state index contributed by atoms with van der Waals surface area (Å²) in [5, 5.41) is 6.18. The Labute approximate surface area is 91.4 Å². The first kappa shape index (κ1) is 9.85. The Morgan fingerprint density at radius 2 is 2.33 bits per heavy atom. The van der Waals surface area contributed by atoms with Gasteiger partial charge in [-0.25, -0.2) is 9.97 Å². The molecule has 2 heterocycles. The number of aryl methyl sites for hydroxylation is 1. The first-order chi connectivity index (χ1) is 7.24. The smallest absolute Gasteiger partial charge is 0.221 e. The number of hydrogen-bond donors (Lipinski definition) is 2. The molecule has 0 bridgehead atoms. The highest BCUT2D eigenvalue weighted by Gasteiger charge is 1.99. The molecular formula is C9H11N5S. The zero-order valence-electron chi connectivity index (χ0n) is 8.27. The Balaban J connectivity index is 1.99. The van der Waals surface area contributed by atoms with E-state index >= 15 is 0 Å². The Morgan fingerprint density at radius 1 is 1.47 bits per heavy atom. The van der Waals surface area contributed by atoms with Gasteiger partial charge in [-0.05, 0) is 13.0 Å². The Bertz CT molecular complexity index is 453. The van der Waals surface area contributed by atoms with Gasteiger partial charge in [0.05, 0.1) is 6.54 Å². The molecule has 2 aromatic rings. The van der Waals surface area contributed by atoms with Crippen LogP contribution in [0.4, 0.5) is 11.8 Å². The van der Waals surface area contributed by atoms with Crippen molar-refractivity contribution in [3.63, 3.8) is 0 Å². The Morgan fingerprint density at radius 3 is 3.00 bits per heavy atom. The van der Waals surface area contributed by atoms with Crippen LogP contribution < -0.4 is 11.1 Å². The van der Waals surface area contributed by atoms with E-state index in [0.29, 0.717) is 6.54 Å². The maximum Gasteiger partial charge on any atom is 0.221 e. The number of anilines is 2. The zero-order valence-corrected chi connectivity index (χ0v) is 9.08. The highest BCUT2D eigenvalue weighted by Crippen LogP contribution is 2.11. The first-order valence-electron chi connectivity index (χ1n) is 4.47. The van der Waals surface area contributed by atoms with Gasteiger partial charge in [0.1, 0.15) is 10.8 Å². The molecule has 0 saturated carbocycles. The van der Waals surface area contributed by atoms with E-state index in [1.54, 1.807) is 23.6 Å². The maximum atomic E-state index is 5.46. The highest BCUT2D eigenvalue weighted by atomic mass is 32.1. The minimum Gasteiger partial charge on any atom is -0.368 e. The van der Waals surface area contributed by atoms with Crippen molar-refractivity contribution in [3.8, 4) is 0 Å². The van der Waals surface area contributed by atoms with Gasteiger partial charge in [-0.15, -0.1) is 11.3 Å². The van der Waals surface area contributed by atoms with E-state index in [2.05, 4.69) is 20.3 Å². The number of nitrogen functional groups attached to an aromatic ring is 1. The third kappa shape index (κ3) is 2.63. The molecule has 0 aliphatic carbocycles. The molecule has 0 unspecified atom stereocenters. The minimum absolute atomic E-state index is 0.273. The monoisotopic (exact) mass is 221 g/mol. The van der Waals surface area contributed by atoms with Gasteiger partial charge in [0.15, 0.2) is 0 Å². The molecule has 0 aromatic carbocycles. The lowest BCUT2D eigenvalue weighted by atomic mass is 10.5. The lowest BCUT2D eigenvalue weighted by Crippen LogP contribution is -2.03. The van der Waals surface area contributed by atoms with E-state index in [0.717, 1.165) is 16.5 Å². The number of nitrogens with two attached hydrogens (primary N) is 1. The number of rotatable bonds is 3. The van der Waals surface area contributed by atoms with Gasteiger partial charge >= 0.3 is 0 Å². The van der Waals surface area contributed by atoms with E-state index in [1.165, 1.54) is 0 Å². The summed E-state index contributed by atoms with van der Waals surface area (Å²) >= 11 is 1.62. The van der Waals surface area contributed by atoms with Crippen LogP contribution in [0.15, 0.2) is 17.6 Å². The molecule has 78 valence electrons. The molecule has 2 aromatic heterocycles. The standard InChI is InChI=1S/C9H11N5S/c1-6-5-15-8(13-6)4-12-7-2-3-11-9(10)14-7/h2-3,5H,4H2,1H3,(H3,10,11,12,14). The van der Waals surface area contributed by atoms with Gasteiger partial charge in [0.2, 0.25) is 5.95 Å². The number of thiazole rings is 1. The summed E-state index contributed by atoms with van der Waals surface area (Å²) in [4.78, 5) is 12.2. The van der Waals surface area contributed by atoms with Gasteiger partial charge in [0, 0.05) is 17.3 Å². The average Bonchev–Trinajstić information content (AvgIpc) is 2.62. The SMILES string of the molecule is Cc1csc(CNc2ccnc(N)n2)n1. The molecule has 15 heavy (non-hydrogen) atoms. The van der Waals surface area contributed by atoms with Crippen molar-refractivity contribution >= 4 is 23.1 Å². The average molecular weight is 221 g/mol. The highest BCUT2D eigenvalue weighted by molar-refractivity contribution is 7.09. The summed E-state index contributed by atoms with van der Waals surface area (Å²) in [5.41, 5.74) is 6.50. The summed E-state index contributed by atoms with van der Waals surface area (Å²) < 4.78 is 0. The molecule has 6 heteroatoms. The van der Waals surface area contributed by atoms with Crippen LogP contribution in [0, 0.1) is 6.92 Å². The van der Waals surface area contributed by atoms with Crippen molar-refractivity contribution in [1.82, 2.24) is 15.0 Å². The molecule has 0 atom stereocenters. The van der Waals surface area contributed by atoms with Crippen molar-refractivity contribution < 1.29 is 0 Å². The molecule has 0 aliphatic rings. The van der Waals surface area contributed by atoms with E-state index in [-0.39, 0.29) is 5.95 Å². The summed E-state index contributed by atoms with van der Waals surface area (Å²) in [5.74, 6) is 0.991. The zero-order chi connectivity index (χ0) is 10.7. The van der Waals surface area contributed by atoms with Crippen LogP contribution in [0.1, 0.15) is 10.7 Å². The van der Waals surface area contributed by atoms with Crippen molar-refractivity contribution in [1.29, 1.82) is 0 Å². The number of hydrogen-bond acceptors (Lipinski definition) is 6. The third-order valence-electron chi connectivity index (χ3n) is 1.76. The van der Waals surface area contributed by atoms with Gasteiger partial charge in [-0.1, -0.05) is 0 Å². The number of aromatic nitrogens is 3. The summed E-state index contributed by atoms with van der Waals surface area (Å²) in [6, 6.07) is 1.77. The lowest BCUT2D eigenvalue weighted by molar-refractivity contribution is 1.05. The van der Waals surface area contributed by atoms with Crippen molar-refractivity contribution in [3.05, 3.63) is 28.3 Å². The molecule has 0 fully saturated rings. The molecular weight excluding hydrogens is 210 g/mol. The quantitative estimate of drug-likeness (QED) is 0.820. The number of nitrogens with zero attached hydrogens (tertiary/aromatic N) is 3. The van der Waals surface area contributed by atoms with Crippen molar-refractivity contribution in [2.24, 2.45) is 0 Å². The minimum atomic E-state index is 0.273. The summed E-state index contributed by atoms with van der Waals surface area (Å²) in [6.45, 7) is 2.64. The fraction of sp³-hybridized carbons (Fsp3) is 0.222. The third-order valence-corrected chi connectivity index (χ3v) is 2.73. The van der Waals surface area contributed by atoms with Crippen LogP contribution in [0.25, 0.3) is 0 Å². The molecule has 0 aliphatic heterocycles. The van der Waals surface area contributed by atoms with E-state index in [1.807, 2.05) is 12.3 Å². The van der Waals surface area contributed by atoms with Crippen molar-refractivity contribution in [2.45, 2.75) is 13.5 Å². The fourth-order valence-corrected chi connectivity index (χ4v) is 1.83. The Kier molecular flexibility index (Phi) is 2.77. The van der Waals surface area contributed by atoms with Crippen LogP contribution in [-0.2, 0) is 6.54 Å². The van der Waals surface area contributed by atoms with Gasteiger partial charge < -0.3 is 11.1 Å². The second-order valence-electron chi connectivity index (χ2n) is 3.04. The molecule has 2 rings (SSSR count). The Hall–Kier alpha value is -1.69. The normalized spacial score (nSPS) is 10.2. The van der Waals surface area contributed by atoms with Gasteiger partial charge in [-0.2, -0.15) is 4.98 Å². The van der Waals surface area contributed by atoms with Crippen LogP contribution in [-0.4, -0.2) is 15.0 Å². The summed E-state index contributed by atoms with van der Waals surface area (Å²) in [6.07, 6.45) is 1.62. The van der Waals surface area contributed by atoms with E-state index in [4.69, 9.17) is 5.73 Å². The second-order valence-corrected chi connectivity index (χ2v) is 3.98. The molecule has 0 amide bonds. The van der Waals surface area contributed by atoms with E-state index in [9.17, 15) is 0 Å². The first-order valence-corrected chi connectivity index (χ1v) is 5.35. The molecule has 0 spiro atoms. The van der Waals surface area contributed by atoms with Gasteiger partial charge in [-0.3, -0.25) is 0 Å². The van der Waals surface area contributed by atoms with Crippen LogP contribution in [0.5, 0.6) is 0 Å². The molecule has 3 N–H and O–H groups in total. The van der Waals surface area contributed by atoms with E-state index < -0.39 is 0 Å². The largest absolute Gasteiger partial charge is 0.368 e. The van der Waals surface area contributed by atoms with Gasteiger partial charge in [0.25, 0.3) is 0 Å². The molecule has 5 nitrogen and oxygen atoms in total. The predicted molar refractivity (Wildman–Crippen MR) is 60.6 cm³/mol. The van der Waals surface area contributed by atoms with Crippen LogP contribution >= 0.6 is 11.3 Å². The molecule has 0 saturated heterocycles.